The van der Waals surface area contributed by atoms with Gasteiger partial charge < -0.3 is 14.2 Å². The van der Waals surface area contributed by atoms with Crippen LogP contribution in [0.4, 0.5) is 10.1 Å². The molecular weight excluding hydrogens is 317 g/mol. The fourth-order valence-electron chi connectivity index (χ4n) is 2.15. The van der Waals surface area contributed by atoms with Gasteiger partial charge in [-0.2, -0.15) is 0 Å². The Labute approximate surface area is 136 Å². The Hall–Kier alpha value is -2.51. The number of ether oxygens (including phenoxy) is 2. The van der Waals surface area contributed by atoms with Gasteiger partial charge in [0, 0.05) is 35.8 Å². The van der Waals surface area contributed by atoms with E-state index in [0.717, 1.165) is 23.0 Å². The SMILES string of the molecule is COc1ccc2c(Oc3ccc(NSN)c(F)c3)ccnc2c1. The number of nitrogens with one attached hydrogen (secondary N) is 1. The number of hydrogen-bond acceptors (Lipinski definition) is 6. The molecule has 0 amide bonds. The second-order valence-corrected chi connectivity index (χ2v) is 5.10. The second-order valence-electron chi connectivity index (χ2n) is 4.66. The Morgan fingerprint density at radius 2 is 1.96 bits per heavy atom. The van der Waals surface area contributed by atoms with E-state index in [4.69, 9.17) is 14.6 Å². The normalized spacial score (nSPS) is 10.6. The molecule has 1 aromatic heterocycles. The largest absolute Gasteiger partial charge is 0.497 e. The van der Waals surface area contributed by atoms with Gasteiger partial charge in [-0.05, 0) is 30.3 Å². The molecule has 0 fully saturated rings. The smallest absolute Gasteiger partial charge is 0.150 e. The number of methoxy groups -OCH3 is 1. The zero-order valence-corrected chi connectivity index (χ0v) is 13.1. The lowest BCUT2D eigenvalue weighted by Crippen LogP contribution is -1.95. The number of aromatic nitrogens is 1. The van der Waals surface area contributed by atoms with Crippen LogP contribution >= 0.6 is 12.1 Å². The number of nitrogens with two attached hydrogens (primary N) is 1. The molecule has 0 radical (unpaired) electrons. The summed E-state index contributed by atoms with van der Waals surface area (Å²) in [6.45, 7) is 0. The standard InChI is InChI=1S/C16H14FN3O2S/c1-21-10-2-4-12-15(9-10)19-7-6-16(12)22-11-3-5-14(20-23-18)13(17)8-11/h2-9,20H,18H2,1H3. The predicted octanol–water partition coefficient (Wildman–Crippen LogP) is 4.11. The maximum atomic E-state index is 13.9. The van der Waals surface area contributed by atoms with Crippen molar-refractivity contribution in [3.05, 3.63) is 54.5 Å². The molecular formula is C16H14FN3O2S. The van der Waals surface area contributed by atoms with Gasteiger partial charge >= 0.3 is 0 Å². The molecule has 0 saturated carbocycles. The first-order valence-electron chi connectivity index (χ1n) is 6.73. The van der Waals surface area contributed by atoms with Crippen molar-refractivity contribution in [2.24, 2.45) is 5.14 Å². The fraction of sp³-hybridized carbons (Fsp3) is 0.0625. The number of pyridine rings is 1. The summed E-state index contributed by atoms with van der Waals surface area (Å²) in [6, 6.07) is 11.8. The number of hydrogen-bond donors (Lipinski definition) is 2. The van der Waals surface area contributed by atoms with Crippen LogP contribution in [0.3, 0.4) is 0 Å². The minimum absolute atomic E-state index is 0.300. The highest BCUT2D eigenvalue weighted by Gasteiger charge is 2.08. The van der Waals surface area contributed by atoms with Gasteiger partial charge in [0.1, 0.15) is 17.2 Å². The lowest BCUT2D eigenvalue weighted by molar-refractivity contribution is 0.415. The van der Waals surface area contributed by atoms with Crippen molar-refractivity contribution in [1.82, 2.24) is 4.98 Å². The van der Waals surface area contributed by atoms with Crippen LogP contribution in [-0.2, 0) is 0 Å². The van der Waals surface area contributed by atoms with Crippen molar-refractivity contribution in [3.8, 4) is 17.2 Å². The zero-order chi connectivity index (χ0) is 16.2. The molecule has 0 spiro atoms. The van der Waals surface area contributed by atoms with Crippen molar-refractivity contribution in [2.75, 3.05) is 11.8 Å². The number of anilines is 1. The molecule has 2 aromatic carbocycles. The van der Waals surface area contributed by atoms with E-state index in [-0.39, 0.29) is 0 Å². The highest BCUT2D eigenvalue weighted by atomic mass is 32.2. The number of halogens is 1. The van der Waals surface area contributed by atoms with Crippen LogP contribution in [0, 0.1) is 5.82 Å². The molecule has 0 saturated heterocycles. The molecule has 118 valence electrons. The van der Waals surface area contributed by atoms with Gasteiger partial charge in [-0.3, -0.25) is 10.1 Å². The molecule has 3 rings (SSSR count). The van der Waals surface area contributed by atoms with E-state index < -0.39 is 5.82 Å². The van der Waals surface area contributed by atoms with Gasteiger partial charge in [-0.1, -0.05) is 0 Å². The highest BCUT2D eigenvalue weighted by molar-refractivity contribution is 7.98. The van der Waals surface area contributed by atoms with E-state index >= 15 is 0 Å². The lowest BCUT2D eigenvalue weighted by atomic mass is 10.2. The third-order valence-electron chi connectivity index (χ3n) is 3.25. The first-order chi connectivity index (χ1) is 11.2. The van der Waals surface area contributed by atoms with Gasteiger partial charge in [-0.15, -0.1) is 0 Å². The Kier molecular flexibility index (Phi) is 4.50. The third-order valence-corrected chi connectivity index (χ3v) is 3.58. The lowest BCUT2D eigenvalue weighted by Gasteiger charge is -2.11. The van der Waals surface area contributed by atoms with Crippen molar-refractivity contribution in [2.45, 2.75) is 0 Å². The van der Waals surface area contributed by atoms with Crippen LogP contribution < -0.4 is 19.3 Å². The van der Waals surface area contributed by atoms with Gasteiger partial charge in [0.05, 0.1) is 18.3 Å². The first kappa shape index (κ1) is 15.4. The van der Waals surface area contributed by atoms with Crippen molar-refractivity contribution < 1.29 is 13.9 Å². The predicted molar refractivity (Wildman–Crippen MR) is 90.2 cm³/mol. The van der Waals surface area contributed by atoms with Crippen LogP contribution in [0.2, 0.25) is 0 Å². The molecule has 0 aliphatic heterocycles. The van der Waals surface area contributed by atoms with E-state index in [2.05, 4.69) is 9.71 Å². The molecule has 3 N–H and O–H groups in total. The Morgan fingerprint density at radius 1 is 1.13 bits per heavy atom. The van der Waals surface area contributed by atoms with Crippen LogP contribution in [0.1, 0.15) is 0 Å². The van der Waals surface area contributed by atoms with E-state index in [1.54, 1.807) is 31.5 Å². The van der Waals surface area contributed by atoms with Gasteiger partial charge in [0.25, 0.3) is 0 Å². The maximum Gasteiger partial charge on any atom is 0.150 e. The maximum absolute atomic E-state index is 13.9. The van der Waals surface area contributed by atoms with Crippen molar-refractivity contribution in [1.29, 1.82) is 0 Å². The molecule has 5 nitrogen and oxygen atoms in total. The first-order valence-corrected chi connectivity index (χ1v) is 7.61. The average Bonchev–Trinajstić information content (AvgIpc) is 2.57. The quantitative estimate of drug-likeness (QED) is 0.686. The minimum Gasteiger partial charge on any atom is -0.497 e. The number of rotatable bonds is 5. The summed E-state index contributed by atoms with van der Waals surface area (Å²) >= 11 is 0.833. The summed E-state index contributed by atoms with van der Waals surface area (Å²) in [5.41, 5.74) is 1.04. The van der Waals surface area contributed by atoms with Gasteiger partial charge in [0.15, 0.2) is 5.82 Å². The summed E-state index contributed by atoms with van der Waals surface area (Å²) in [4.78, 5) is 4.29. The third kappa shape index (κ3) is 3.30. The monoisotopic (exact) mass is 331 g/mol. The zero-order valence-electron chi connectivity index (χ0n) is 12.2. The molecule has 1 heterocycles. The fourth-order valence-corrected chi connectivity index (χ4v) is 2.44. The van der Waals surface area contributed by atoms with Crippen molar-refractivity contribution in [3.63, 3.8) is 0 Å². The van der Waals surface area contributed by atoms with Gasteiger partial charge in [0.2, 0.25) is 0 Å². The average molecular weight is 331 g/mol. The Bertz CT molecular complexity index is 845. The summed E-state index contributed by atoms with van der Waals surface area (Å²) in [6.07, 6.45) is 1.63. The molecule has 0 aliphatic carbocycles. The molecule has 0 bridgehead atoms. The summed E-state index contributed by atoms with van der Waals surface area (Å²) in [5, 5.41) is 6.08. The van der Waals surface area contributed by atoms with E-state index in [0.29, 0.717) is 22.9 Å². The molecule has 3 aromatic rings. The number of benzene rings is 2. The Balaban J connectivity index is 1.93. The number of fused-ring (bicyclic) bond motifs is 1. The van der Waals surface area contributed by atoms with E-state index in [9.17, 15) is 4.39 Å². The van der Waals surface area contributed by atoms with Crippen LogP contribution in [0.25, 0.3) is 10.9 Å². The summed E-state index contributed by atoms with van der Waals surface area (Å²) in [7, 11) is 1.60. The minimum atomic E-state index is -0.444. The molecule has 7 heteroatoms. The topological polar surface area (TPSA) is 69.4 Å². The van der Waals surface area contributed by atoms with Crippen LogP contribution in [0.5, 0.6) is 17.2 Å². The van der Waals surface area contributed by atoms with Crippen molar-refractivity contribution >= 4 is 28.7 Å². The molecule has 23 heavy (non-hydrogen) atoms. The number of nitrogens with zero attached hydrogens (tertiary/aromatic N) is 1. The second kappa shape index (κ2) is 6.72. The molecule has 0 aliphatic rings. The van der Waals surface area contributed by atoms with Crippen LogP contribution in [0.15, 0.2) is 48.7 Å². The van der Waals surface area contributed by atoms with Crippen LogP contribution in [-0.4, -0.2) is 12.1 Å². The highest BCUT2D eigenvalue weighted by Crippen LogP contribution is 2.32. The summed E-state index contributed by atoms with van der Waals surface area (Å²) < 4.78 is 27.5. The summed E-state index contributed by atoms with van der Waals surface area (Å²) in [5.74, 6) is 1.24. The molecule has 0 unspecified atom stereocenters. The Morgan fingerprint density at radius 3 is 2.70 bits per heavy atom. The molecule has 0 atom stereocenters. The van der Waals surface area contributed by atoms with E-state index in [1.807, 2.05) is 18.2 Å². The van der Waals surface area contributed by atoms with E-state index in [1.165, 1.54) is 6.07 Å². The van der Waals surface area contributed by atoms with Gasteiger partial charge in [-0.25, -0.2) is 4.39 Å².